The average molecular weight is 552 g/mol. The number of halogens is 3. The maximum absolute atomic E-state index is 13.6. The predicted octanol–water partition coefficient (Wildman–Crippen LogP) is 4.49. The van der Waals surface area contributed by atoms with E-state index in [1.54, 1.807) is 12.1 Å². The standard InChI is InChI=1S/C25H24Cl2FN3O4S/c1-17(25(33)29-2)30(15-18-6-10-21(28)11-7-18)24(32)16-31(22-5-3-4-20(27)14-22)36(34,35)23-12-8-19(26)9-13-23/h3-14,17H,15-16H2,1-2H3,(H,29,33)/t17-/m1/s1. The van der Waals surface area contributed by atoms with E-state index in [4.69, 9.17) is 23.2 Å². The molecule has 0 aromatic heterocycles. The van der Waals surface area contributed by atoms with Gasteiger partial charge >= 0.3 is 0 Å². The van der Waals surface area contributed by atoms with Gasteiger partial charge in [-0.05, 0) is 67.1 Å². The molecule has 0 aliphatic heterocycles. The summed E-state index contributed by atoms with van der Waals surface area (Å²) in [5, 5.41) is 3.12. The summed E-state index contributed by atoms with van der Waals surface area (Å²) in [5.41, 5.74) is 0.732. The van der Waals surface area contributed by atoms with Gasteiger partial charge in [-0.1, -0.05) is 41.4 Å². The molecule has 0 aliphatic rings. The lowest BCUT2D eigenvalue weighted by Gasteiger charge is -2.31. The largest absolute Gasteiger partial charge is 0.357 e. The predicted molar refractivity (Wildman–Crippen MR) is 138 cm³/mol. The van der Waals surface area contributed by atoms with Crippen LogP contribution >= 0.6 is 23.2 Å². The van der Waals surface area contributed by atoms with Gasteiger partial charge in [0.1, 0.15) is 18.4 Å². The molecule has 0 spiro atoms. The van der Waals surface area contributed by atoms with Crippen LogP contribution in [0.2, 0.25) is 10.0 Å². The van der Waals surface area contributed by atoms with Gasteiger partial charge in [-0.3, -0.25) is 13.9 Å². The van der Waals surface area contributed by atoms with Crippen LogP contribution in [0.4, 0.5) is 10.1 Å². The third-order valence-corrected chi connectivity index (χ3v) is 7.73. The van der Waals surface area contributed by atoms with Gasteiger partial charge in [-0.15, -0.1) is 0 Å². The van der Waals surface area contributed by atoms with Gasteiger partial charge in [0.15, 0.2) is 0 Å². The van der Waals surface area contributed by atoms with Crippen LogP contribution in [-0.4, -0.2) is 44.8 Å². The zero-order chi connectivity index (χ0) is 26.5. The van der Waals surface area contributed by atoms with Gasteiger partial charge in [0, 0.05) is 23.6 Å². The topological polar surface area (TPSA) is 86.8 Å². The molecule has 0 saturated carbocycles. The molecule has 0 bridgehead atoms. The zero-order valence-electron chi connectivity index (χ0n) is 19.5. The van der Waals surface area contributed by atoms with Crippen molar-refractivity contribution in [3.63, 3.8) is 0 Å². The number of carbonyl (C=O) groups is 2. The fraction of sp³-hybridized carbons (Fsp3) is 0.200. The molecule has 1 N–H and O–H groups in total. The molecule has 2 amide bonds. The van der Waals surface area contributed by atoms with E-state index in [9.17, 15) is 22.4 Å². The van der Waals surface area contributed by atoms with Crippen molar-refractivity contribution in [2.24, 2.45) is 0 Å². The minimum absolute atomic E-state index is 0.0436. The van der Waals surface area contributed by atoms with Gasteiger partial charge in [0.2, 0.25) is 11.8 Å². The van der Waals surface area contributed by atoms with Crippen LogP contribution in [0.25, 0.3) is 0 Å². The Morgan fingerprint density at radius 2 is 1.61 bits per heavy atom. The third kappa shape index (κ3) is 6.54. The number of rotatable bonds is 9. The highest BCUT2D eigenvalue weighted by atomic mass is 35.5. The summed E-state index contributed by atoms with van der Waals surface area (Å²) in [5.74, 6) is -1.54. The minimum atomic E-state index is -4.23. The number of hydrogen-bond acceptors (Lipinski definition) is 4. The number of benzene rings is 3. The number of anilines is 1. The number of sulfonamides is 1. The lowest BCUT2D eigenvalue weighted by Crippen LogP contribution is -2.50. The number of nitrogens with zero attached hydrogens (tertiary/aromatic N) is 2. The number of likely N-dealkylation sites (N-methyl/N-ethyl adjacent to an activating group) is 1. The molecule has 36 heavy (non-hydrogen) atoms. The molecule has 0 heterocycles. The Morgan fingerprint density at radius 1 is 0.972 bits per heavy atom. The van der Waals surface area contributed by atoms with Gasteiger partial charge in [0.25, 0.3) is 10.0 Å². The SMILES string of the molecule is CNC(=O)[C@@H](C)N(Cc1ccc(F)cc1)C(=O)CN(c1cccc(Cl)c1)S(=O)(=O)c1ccc(Cl)cc1. The van der Waals surface area contributed by atoms with Crippen LogP contribution in [0, 0.1) is 5.82 Å². The zero-order valence-corrected chi connectivity index (χ0v) is 21.8. The lowest BCUT2D eigenvalue weighted by molar-refractivity contribution is -0.139. The average Bonchev–Trinajstić information content (AvgIpc) is 2.86. The van der Waals surface area contributed by atoms with Crippen molar-refractivity contribution in [3.8, 4) is 0 Å². The Bertz CT molecular complexity index is 1340. The van der Waals surface area contributed by atoms with Gasteiger partial charge < -0.3 is 10.2 Å². The number of carbonyl (C=O) groups excluding carboxylic acids is 2. The van der Waals surface area contributed by atoms with Crippen molar-refractivity contribution in [1.29, 1.82) is 0 Å². The fourth-order valence-corrected chi connectivity index (χ4v) is 5.19. The van der Waals surface area contributed by atoms with Gasteiger partial charge in [-0.2, -0.15) is 0 Å². The molecule has 3 aromatic carbocycles. The molecule has 3 aromatic rings. The van der Waals surface area contributed by atoms with E-state index in [0.717, 1.165) is 4.31 Å². The van der Waals surface area contributed by atoms with Crippen LogP contribution in [0.3, 0.4) is 0 Å². The molecule has 0 unspecified atom stereocenters. The van der Waals surface area contributed by atoms with Crippen molar-refractivity contribution in [3.05, 3.63) is 94.2 Å². The van der Waals surface area contributed by atoms with E-state index in [2.05, 4.69) is 5.32 Å². The molecule has 0 fully saturated rings. The van der Waals surface area contributed by atoms with Gasteiger partial charge in [0.05, 0.1) is 10.6 Å². The summed E-state index contributed by atoms with van der Waals surface area (Å²) in [4.78, 5) is 27.2. The van der Waals surface area contributed by atoms with E-state index in [1.165, 1.54) is 79.5 Å². The normalized spacial score (nSPS) is 12.0. The summed E-state index contributed by atoms with van der Waals surface area (Å²) >= 11 is 12.0. The monoisotopic (exact) mass is 551 g/mol. The smallest absolute Gasteiger partial charge is 0.264 e. The molecular formula is C25H24Cl2FN3O4S. The van der Waals surface area contributed by atoms with E-state index < -0.39 is 40.2 Å². The van der Waals surface area contributed by atoms with Crippen molar-refractivity contribution in [2.75, 3.05) is 17.9 Å². The Kier molecular flexibility index (Phi) is 8.94. The highest BCUT2D eigenvalue weighted by Crippen LogP contribution is 2.27. The molecular weight excluding hydrogens is 528 g/mol. The first-order valence-electron chi connectivity index (χ1n) is 10.8. The molecule has 190 valence electrons. The maximum atomic E-state index is 13.6. The molecule has 0 saturated heterocycles. The van der Waals surface area contributed by atoms with Crippen molar-refractivity contribution in [2.45, 2.75) is 24.4 Å². The van der Waals surface area contributed by atoms with Crippen LogP contribution in [0.1, 0.15) is 12.5 Å². The highest BCUT2D eigenvalue weighted by molar-refractivity contribution is 7.92. The second-order valence-electron chi connectivity index (χ2n) is 7.88. The highest BCUT2D eigenvalue weighted by Gasteiger charge is 2.32. The number of hydrogen-bond donors (Lipinski definition) is 1. The summed E-state index contributed by atoms with van der Waals surface area (Å²) in [6, 6.07) is 16.1. The summed E-state index contributed by atoms with van der Waals surface area (Å²) in [6.45, 7) is 0.865. The van der Waals surface area contributed by atoms with Crippen LogP contribution in [0.15, 0.2) is 77.7 Å². The first kappa shape index (κ1) is 27.4. The Hall–Kier alpha value is -3.14. The molecule has 7 nitrogen and oxygen atoms in total. The quantitative estimate of drug-likeness (QED) is 0.424. The van der Waals surface area contributed by atoms with E-state index in [-0.39, 0.29) is 22.2 Å². The first-order chi connectivity index (χ1) is 17.0. The summed E-state index contributed by atoms with van der Waals surface area (Å²) in [6.07, 6.45) is 0. The van der Waals surface area contributed by atoms with Crippen molar-refractivity contribution in [1.82, 2.24) is 10.2 Å². The van der Waals surface area contributed by atoms with Crippen LogP contribution in [-0.2, 0) is 26.2 Å². The van der Waals surface area contributed by atoms with Crippen molar-refractivity contribution >= 4 is 50.7 Å². The second kappa shape index (κ2) is 11.7. The minimum Gasteiger partial charge on any atom is -0.357 e. The molecule has 1 atom stereocenters. The van der Waals surface area contributed by atoms with Gasteiger partial charge in [-0.25, -0.2) is 12.8 Å². The Morgan fingerprint density at radius 3 is 2.19 bits per heavy atom. The molecule has 0 aliphatic carbocycles. The van der Waals surface area contributed by atoms with Crippen LogP contribution in [0.5, 0.6) is 0 Å². The summed E-state index contributed by atoms with van der Waals surface area (Å²) in [7, 11) is -2.79. The number of amides is 2. The Labute approximate surface area is 219 Å². The fourth-order valence-electron chi connectivity index (χ4n) is 3.47. The van der Waals surface area contributed by atoms with E-state index >= 15 is 0 Å². The Balaban J connectivity index is 2.02. The van der Waals surface area contributed by atoms with Crippen molar-refractivity contribution < 1.29 is 22.4 Å². The molecule has 0 radical (unpaired) electrons. The lowest BCUT2D eigenvalue weighted by atomic mass is 10.1. The summed E-state index contributed by atoms with van der Waals surface area (Å²) < 4.78 is 41.6. The second-order valence-corrected chi connectivity index (χ2v) is 10.6. The third-order valence-electron chi connectivity index (χ3n) is 5.46. The maximum Gasteiger partial charge on any atom is 0.264 e. The van der Waals surface area contributed by atoms with E-state index in [0.29, 0.717) is 10.6 Å². The van der Waals surface area contributed by atoms with Crippen LogP contribution < -0.4 is 9.62 Å². The first-order valence-corrected chi connectivity index (χ1v) is 13.0. The molecule has 11 heteroatoms. The number of nitrogens with one attached hydrogen (secondary N) is 1. The molecule has 3 rings (SSSR count). The van der Waals surface area contributed by atoms with E-state index in [1.807, 2.05) is 0 Å².